The highest BCUT2D eigenvalue weighted by Crippen LogP contribution is 2.34. The van der Waals surface area contributed by atoms with Crippen LogP contribution in [0.15, 0.2) is 51.8 Å². The van der Waals surface area contributed by atoms with Crippen molar-refractivity contribution in [2.45, 2.75) is 0 Å². The summed E-state index contributed by atoms with van der Waals surface area (Å²) in [5.74, 6) is -0.271. The van der Waals surface area contributed by atoms with Gasteiger partial charge in [-0.3, -0.25) is 19.3 Å². The molecule has 27 heavy (non-hydrogen) atoms. The number of ketones is 1. The maximum atomic E-state index is 12.6. The Labute approximate surface area is 173 Å². The fraction of sp³-hybridized carbons (Fsp3) is 0.105. The summed E-state index contributed by atoms with van der Waals surface area (Å²) >= 11 is 9.98. The molecule has 0 atom stereocenters. The van der Waals surface area contributed by atoms with Gasteiger partial charge in [-0.1, -0.05) is 27.5 Å². The van der Waals surface area contributed by atoms with Crippen molar-refractivity contribution in [3.05, 3.63) is 68.0 Å². The van der Waals surface area contributed by atoms with Crippen LogP contribution in [0.25, 0.3) is 6.08 Å². The molecule has 3 rings (SSSR count). The van der Waals surface area contributed by atoms with Crippen LogP contribution in [-0.2, 0) is 4.79 Å². The first-order chi connectivity index (χ1) is 12.9. The molecule has 1 saturated heterocycles. The van der Waals surface area contributed by atoms with E-state index >= 15 is 0 Å². The topological polar surface area (TPSA) is 63.7 Å². The number of rotatable bonds is 5. The highest BCUT2D eigenvalue weighted by atomic mass is 79.9. The predicted octanol–water partition coefficient (Wildman–Crippen LogP) is 5.03. The van der Waals surface area contributed by atoms with Crippen molar-refractivity contribution >= 4 is 62.3 Å². The van der Waals surface area contributed by atoms with Crippen molar-refractivity contribution in [3.8, 4) is 5.75 Å². The molecule has 0 unspecified atom stereocenters. The summed E-state index contributed by atoms with van der Waals surface area (Å²) in [5, 5.41) is 0.0196. The number of thioether (sulfide) groups is 1. The average molecular weight is 467 g/mol. The lowest BCUT2D eigenvalue weighted by molar-refractivity contribution is -0.122. The zero-order valence-corrected chi connectivity index (χ0v) is 17.2. The third kappa shape index (κ3) is 4.43. The van der Waals surface area contributed by atoms with Gasteiger partial charge in [0.25, 0.3) is 11.1 Å². The SMILES string of the molecule is COc1ccc(Br)cc1/C=C1/SC(=O)N(CC(=O)c2ccc(Cl)cc2)C1=O. The van der Waals surface area contributed by atoms with Gasteiger partial charge in [-0.2, -0.15) is 0 Å². The summed E-state index contributed by atoms with van der Waals surface area (Å²) in [6, 6.07) is 11.6. The number of ether oxygens (including phenoxy) is 1. The third-order valence-corrected chi connectivity index (χ3v) is 5.47. The first-order valence-electron chi connectivity index (χ1n) is 7.76. The van der Waals surface area contributed by atoms with Crippen LogP contribution in [0.3, 0.4) is 0 Å². The number of hydrogen-bond donors (Lipinski definition) is 0. The zero-order valence-electron chi connectivity index (χ0n) is 14.1. The van der Waals surface area contributed by atoms with Gasteiger partial charge in [-0.25, -0.2) is 0 Å². The van der Waals surface area contributed by atoms with Crippen molar-refractivity contribution < 1.29 is 19.1 Å². The lowest BCUT2D eigenvalue weighted by Crippen LogP contribution is -2.33. The lowest BCUT2D eigenvalue weighted by atomic mass is 10.1. The number of carbonyl (C=O) groups excluding carboxylic acids is 3. The maximum absolute atomic E-state index is 12.6. The minimum Gasteiger partial charge on any atom is -0.496 e. The summed E-state index contributed by atoms with van der Waals surface area (Å²) in [7, 11) is 1.52. The quantitative estimate of drug-likeness (QED) is 0.457. The van der Waals surface area contributed by atoms with Crippen LogP contribution in [0.5, 0.6) is 5.75 Å². The van der Waals surface area contributed by atoms with Gasteiger partial charge in [0.05, 0.1) is 18.6 Å². The van der Waals surface area contributed by atoms with E-state index in [1.807, 2.05) is 6.07 Å². The van der Waals surface area contributed by atoms with Crippen LogP contribution in [0.4, 0.5) is 4.79 Å². The molecule has 1 fully saturated rings. The smallest absolute Gasteiger partial charge is 0.293 e. The molecule has 5 nitrogen and oxygen atoms in total. The molecule has 2 aromatic carbocycles. The van der Waals surface area contributed by atoms with E-state index < -0.39 is 11.1 Å². The first-order valence-corrected chi connectivity index (χ1v) is 9.75. The molecule has 0 spiro atoms. The largest absolute Gasteiger partial charge is 0.496 e. The van der Waals surface area contributed by atoms with E-state index in [2.05, 4.69) is 15.9 Å². The first kappa shape index (κ1) is 19.7. The second-order valence-electron chi connectivity index (χ2n) is 5.58. The molecule has 2 aromatic rings. The summed E-state index contributed by atoms with van der Waals surface area (Å²) < 4.78 is 6.09. The number of carbonyl (C=O) groups is 3. The molecule has 0 N–H and O–H groups in total. The maximum Gasteiger partial charge on any atom is 0.293 e. The summed E-state index contributed by atoms with van der Waals surface area (Å²) in [6.07, 6.45) is 1.58. The van der Waals surface area contributed by atoms with E-state index in [0.717, 1.165) is 21.1 Å². The minimum absolute atomic E-state index is 0.236. The Morgan fingerprint density at radius 1 is 1.22 bits per heavy atom. The van der Waals surface area contributed by atoms with Crippen molar-refractivity contribution in [2.24, 2.45) is 0 Å². The van der Waals surface area contributed by atoms with Crippen LogP contribution in [-0.4, -0.2) is 35.5 Å². The molecule has 2 amide bonds. The average Bonchev–Trinajstić information content (AvgIpc) is 2.90. The van der Waals surface area contributed by atoms with Gasteiger partial charge in [-0.05, 0) is 60.3 Å². The minimum atomic E-state index is -0.505. The Balaban J connectivity index is 1.82. The van der Waals surface area contributed by atoms with Crippen molar-refractivity contribution in [1.29, 1.82) is 0 Å². The summed E-state index contributed by atoms with van der Waals surface area (Å²) in [4.78, 5) is 38.4. The lowest BCUT2D eigenvalue weighted by Gasteiger charge is -2.11. The fourth-order valence-electron chi connectivity index (χ4n) is 2.47. The van der Waals surface area contributed by atoms with Crippen LogP contribution in [0.1, 0.15) is 15.9 Å². The molecule has 138 valence electrons. The number of hydrogen-bond acceptors (Lipinski definition) is 5. The van der Waals surface area contributed by atoms with E-state index in [0.29, 0.717) is 21.9 Å². The van der Waals surface area contributed by atoms with Crippen LogP contribution in [0, 0.1) is 0 Å². The normalized spacial score (nSPS) is 15.5. The van der Waals surface area contributed by atoms with Crippen molar-refractivity contribution in [3.63, 3.8) is 0 Å². The van der Waals surface area contributed by atoms with E-state index in [4.69, 9.17) is 16.3 Å². The number of methoxy groups -OCH3 is 1. The van der Waals surface area contributed by atoms with Gasteiger partial charge in [0.1, 0.15) is 5.75 Å². The molecule has 1 heterocycles. The Morgan fingerprint density at radius 3 is 2.59 bits per heavy atom. The second kappa shape index (κ2) is 8.29. The Bertz CT molecular complexity index is 959. The molecule has 1 aliphatic heterocycles. The van der Waals surface area contributed by atoms with Crippen LogP contribution < -0.4 is 4.74 Å². The second-order valence-corrected chi connectivity index (χ2v) is 7.93. The van der Waals surface area contributed by atoms with Crippen LogP contribution in [0.2, 0.25) is 5.02 Å². The van der Waals surface area contributed by atoms with E-state index in [-0.39, 0.29) is 17.2 Å². The molecule has 1 aliphatic rings. The molecule has 8 heteroatoms. The van der Waals surface area contributed by atoms with Gasteiger partial charge in [0.15, 0.2) is 5.78 Å². The van der Waals surface area contributed by atoms with E-state index in [9.17, 15) is 14.4 Å². The Morgan fingerprint density at radius 2 is 1.93 bits per heavy atom. The molecule has 0 saturated carbocycles. The molecule has 0 radical (unpaired) electrons. The number of Topliss-reactive ketones (excluding diaryl/α,β-unsaturated/α-hetero) is 1. The van der Waals surface area contributed by atoms with Gasteiger partial charge < -0.3 is 4.74 Å². The number of nitrogens with zero attached hydrogens (tertiary/aromatic N) is 1. The van der Waals surface area contributed by atoms with Gasteiger partial charge in [0.2, 0.25) is 0 Å². The zero-order chi connectivity index (χ0) is 19.6. The van der Waals surface area contributed by atoms with Gasteiger partial charge in [0, 0.05) is 20.6 Å². The van der Waals surface area contributed by atoms with E-state index in [1.165, 1.54) is 7.11 Å². The van der Waals surface area contributed by atoms with Crippen molar-refractivity contribution in [1.82, 2.24) is 4.90 Å². The number of halogens is 2. The number of benzene rings is 2. The molecular formula is C19H13BrClNO4S. The van der Waals surface area contributed by atoms with Gasteiger partial charge >= 0.3 is 0 Å². The third-order valence-electron chi connectivity index (χ3n) is 3.82. The highest BCUT2D eigenvalue weighted by Gasteiger charge is 2.36. The highest BCUT2D eigenvalue weighted by molar-refractivity contribution is 9.10. The van der Waals surface area contributed by atoms with E-state index in [1.54, 1.807) is 42.5 Å². The molecule has 0 aliphatic carbocycles. The standard InChI is InChI=1S/C19H13BrClNO4S/c1-26-16-7-4-13(20)8-12(16)9-17-18(24)22(19(25)27-17)10-15(23)11-2-5-14(21)6-3-11/h2-9H,10H2,1H3/b17-9+. The Hall–Kier alpha value is -2.09. The Kier molecular flexibility index (Phi) is 6.04. The summed E-state index contributed by atoms with van der Waals surface area (Å²) in [5.41, 5.74) is 1.04. The van der Waals surface area contributed by atoms with Crippen molar-refractivity contribution in [2.75, 3.05) is 13.7 Å². The number of amides is 2. The van der Waals surface area contributed by atoms with Crippen LogP contribution >= 0.6 is 39.3 Å². The monoisotopic (exact) mass is 465 g/mol. The summed E-state index contributed by atoms with van der Waals surface area (Å²) in [6.45, 7) is -0.320. The molecular weight excluding hydrogens is 454 g/mol. The molecule has 0 aromatic heterocycles. The fourth-order valence-corrected chi connectivity index (χ4v) is 3.80. The molecule has 0 bridgehead atoms. The number of imide groups is 1. The van der Waals surface area contributed by atoms with Gasteiger partial charge in [-0.15, -0.1) is 0 Å². The predicted molar refractivity (Wildman–Crippen MR) is 109 cm³/mol.